The van der Waals surface area contributed by atoms with Crippen LogP contribution in [-0.2, 0) is 11.8 Å². The Morgan fingerprint density at radius 3 is 2.29 bits per heavy atom. The standard InChI is InChI=1S/C13H15F3O/c1-9(2)8-12(3,17)10-5-4-6-11(7-10)13(14,15)16/h4-7,17H,1,8H2,2-3H3/t12-/m1/s1. The fraction of sp³-hybridized carbons (Fsp3) is 0.385. The van der Waals surface area contributed by atoms with Crippen LogP contribution >= 0.6 is 0 Å². The van der Waals surface area contributed by atoms with Crippen LogP contribution < -0.4 is 0 Å². The van der Waals surface area contributed by atoms with E-state index in [-0.39, 0.29) is 12.0 Å². The molecule has 0 spiro atoms. The Balaban J connectivity index is 3.11. The van der Waals surface area contributed by atoms with Crippen LogP contribution in [0.25, 0.3) is 0 Å². The molecule has 0 aliphatic rings. The quantitative estimate of drug-likeness (QED) is 0.800. The third kappa shape index (κ3) is 3.60. The van der Waals surface area contributed by atoms with E-state index < -0.39 is 17.3 Å². The monoisotopic (exact) mass is 244 g/mol. The third-order valence-corrected chi connectivity index (χ3v) is 2.46. The summed E-state index contributed by atoms with van der Waals surface area (Å²) >= 11 is 0. The van der Waals surface area contributed by atoms with Crippen LogP contribution in [0.5, 0.6) is 0 Å². The summed E-state index contributed by atoms with van der Waals surface area (Å²) in [6, 6.07) is 4.74. The van der Waals surface area contributed by atoms with Crippen LogP contribution in [0, 0.1) is 0 Å². The topological polar surface area (TPSA) is 20.2 Å². The number of benzene rings is 1. The average Bonchev–Trinajstić information content (AvgIpc) is 2.14. The first-order chi connectivity index (χ1) is 7.63. The number of hydrogen-bond acceptors (Lipinski definition) is 1. The molecule has 17 heavy (non-hydrogen) atoms. The summed E-state index contributed by atoms with van der Waals surface area (Å²) in [5.74, 6) is 0. The summed E-state index contributed by atoms with van der Waals surface area (Å²) in [6.07, 6.45) is -4.16. The molecule has 94 valence electrons. The van der Waals surface area contributed by atoms with Crippen LogP contribution in [0.3, 0.4) is 0 Å². The molecule has 0 unspecified atom stereocenters. The minimum absolute atomic E-state index is 0.230. The number of aliphatic hydroxyl groups is 1. The molecule has 0 heterocycles. The highest BCUT2D eigenvalue weighted by Gasteiger charge is 2.32. The van der Waals surface area contributed by atoms with Gasteiger partial charge in [0.15, 0.2) is 0 Å². The van der Waals surface area contributed by atoms with Crippen LogP contribution in [-0.4, -0.2) is 5.11 Å². The van der Waals surface area contributed by atoms with Gasteiger partial charge in [0.1, 0.15) is 0 Å². The maximum atomic E-state index is 12.5. The minimum Gasteiger partial charge on any atom is -0.385 e. The minimum atomic E-state index is -4.39. The Hall–Kier alpha value is -1.29. The second-order valence-corrected chi connectivity index (χ2v) is 4.49. The molecule has 0 amide bonds. The maximum absolute atomic E-state index is 12.5. The van der Waals surface area contributed by atoms with Gasteiger partial charge in [-0.2, -0.15) is 13.2 Å². The molecule has 1 N–H and O–H groups in total. The zero-order chi connectivity index (χ0) is 13.3. The van der Waals surface area contributed by atoms with Gasteiger partial charge in [-0.1, -0.05) is 17.7 Å². The van der Waals surface area contributed by atoms with Crippen LogP contribution in [0.4, 0.5) is 13.2 Å². The lowest BCUT2D eigenvalue weighted by Gasteiger charge is -2.24. The third-order valence-electron chi connectivity index (χ3n) is 2.46. The Bertz CT molecular complexity index is 419. The summed E-state index contributed by atoms with van der Waals surface area (Å²) in [5, 5.41) is 10.1. The van der Waals surface area contributed by atoms with Gasteiger partial charge in [-0.25, -0.2) is 0 Å². The molecule has 0 radical (unpaired) electrons. The highest BCUT2D eigenvalue weighted by molar-refractivity contribution is 5.30. The molecular formula is C13H15F3O. The number of alkyl halides is 3. The Morgan fingerprint density at radius 1 is 1.29 bits per heavy atom. The molecular weight excluding hydrogens is 229 g/mol. The maximum Gasteiger partial charge on any atom is 0.416 e. The fourth-order valence-electron chi connectivity index (χ4n) is 1.72. The SMILES string of the molecule is C=C(C)C[C@@](C)(O)c1cccc(C(F)(F)F)c1. The van der Waals surface area contributed by atoms with Gasteiger partial charge in [-0.05, 0) is 31.5 Å². The van der Waals surface area contributed by atoms with Crippen molar-refractivity contribution in [1.82, 2.24) is 0 Å². The Morgan fingerprint density at radius 2 is 1.82 bits per heavy atom. The molecule has 0 aliphatic heterocycles. The van der Waals surface area contributed by atoms with Crippen molar-refractivity contribution in [1.29, 1.82) is 0 Å². The smallest absolute Gasteiger partial charge is 0.385 e. The molecule has 1 rings (SSSR count). The second-order valence-electron chi connectivity index (χ2n) is 4.49. The van der Waals surface area contributed by atoms with Crippen molar-refractivity contribution in [3.63, 3.8) is 0 Å². The lowest BCUT2D eigenvalue weighted by molar-refractivity contribution is -0.137. The molecule has 1 aromatic rings. The normalized spacial score (nSPS) is 15.4. The molecule has 0 saturated carbocycles. The summed E-state index contributed by atoms with van der Waals surface area (Å²) in [5.41, 5.74) is -1.12. The molecule has 0 bridgehead atoms. The van der Waals surface area contributed by atoms with E-state index in [1.165, 1.54) is 19.1 Å². The van der Waals surface area contributed by atoms with Crippen LogP contribution in [0.15, 0.2) is 36.4 Å². The molecule has 0 saturated heterocycles. The second kappa shape index (κ2) is 4.53. The molecule has 1 atom stereocenters. The van der Waals surface area contributed by atoms with Crippen molar-refractivity contribution >= 4 is 0 Å². The molecule has 1 aromatic carbocycles. The van der Waals surface area contributed by atoms with Crippen molar-refractivity contribution in [2.75, 3.05) is 0 Å². The summed E-state index contributed by atoms with van der Waals surface area (Å²) in [6.45, 7) is 6.86. The van der Waals surface area contributed by atoms with E-state index in [1.807, 2.05) is 0 Å². The predicted octanol–water partition coefficient (Wildman–Crippen LogP) is 3.88. The highest BCUT2D eigenvalue weighted by Crippen LogP contribution is 2.33. The van der Waals surface area contributed by atoms with E-state index in [2.05, 4.69) is 6.58 Å². The lowest BCUT2D eigenvalue weighted by atomic mass is 9.89. The van der Waals surface area contributed by atoms with Crippen LogP contribution in [0.1, 0.15) is 31.4 Å². The molecule has 0 fully saturated rings. The first-order valence-corrected chi connectivity index (χ1v) is 5.17. The first-order valence-electron chi connectivity index (χ1n) is 5.17. The van der Waals surface area contributed by atoms with Crippen molar-refractivity contribution in [2.45, 2.75) is 32.0 Å². The van der Waals surface area contributed by atoms with Gasteiger partial charge in [0.25, 0.3) is 0 Å². The van der Waals surface area contributed by atoms with E-state index in [9.17, 15) is 18.3 Å². The Kier molecular flexibility index (Phi) is 3.67. The summed E-state index contributed by atoms with van der Waals surface area (Å²) < 4.78 is 37.6. The highest BCUT2D eigenvalue weighted by atomic mass is 19.4. The van der Waals surface area contributed by atoms with Crippen LogP contribution in [0.2, 0.25) is 0 Å². The molecule has 0 aromatic heterocycles. The van der Waals surface area contributed by atoms with E-state index in [4.69, 9.17) is 0 Å². The van der Waals surface area contributed by atoms with Crippen molar-refractivity contribution in [2.24, 2.45) is 0 Å². The molecule has 0 aliphatic carbocycles. The molecule has 1 nitrogen and oxygen atoms in total. The van der Waals surface area contributed by atoms with E-state index in [0.29, 0.717) is 5.57 Å². The van der Waals surface area contributed by atoms with Gasteiger partial charge in [-0.3, -0.25) is 0 Å². The van der Waals surface area contributed by atoms with Crippen molar-refractivity contribution in [3.8, 4) is 0 Å². The van der Waals surface area contributed by atoms with E-state index in [1.54, 1.807) is 6.92 Å². The van der Waals surface area contributed by atoms with Crippen molar-refractivity contribution in [3.05, 3.63) is 47.5 Å². The van der Waals surface area contributed by atoms with Gasteiger partial charge in [0.2, 0.25) is 0 Å². The zero-order valence-electron chi connectivity index (χ0n) is 9.80. The predicted molar refractivity (Wildman–Crippen MR) is 60.4 cm³/mol. The zero-order valence-corrected chi connectivity index (χ0v) is 9.80. The van der Waals surface area contributed by atoms with Gasteiger partial charge in [0.05, 0.1) is 11.2 Å². The van der Waals surface area contributed by atoms with Crippen molar-refractivity contribution < 1.29 is 18.3 Å². The summed E-state index contributed by atoms with van der Waals surface area (Å²) in [4.78, 5) is 0. The number of rotatable bonds is 3. The lowest BCUT2D eigenvalue weighted by Crippen LogP contribution is -2.22. The van der Waals surface area contributed by atoms with Gasteiger partial charge in [0, 0.05) is 6.42 Å². The first kappa shape index (κ1) is 13.8. The fourth-order valence-corrected chi connectivity index (χ4v) is 1.72. The number of halogens is 3. The average molecular weight is 244 g/mol. The largest absolute Gasteiger partial charge is 0.416 e. The summed E-state index contributed by atoms with van der Waals surface area (Å²) in [7, 11) is 0. The molecule has 4 heteroatoms. The Labute approximate surface area is 98.6 Å². The van der Waals surface area contributed by atoms with E-state index >= 15 is 0 Å². The van der Waals surface area contributed by atoms with Gasteiger partial charge in [-0.15, -0.1) is 6.58 Å². The van der Waals surface area contributed by atoms with E-state index in [0.717, 1.165) is 12.1 Å². The van der Waals surface area contributed by atoms with Gasteiger partial charge >= 0.3 is 6.18 Å². The van der Waals surface area contributed by atoms with Gasteiger partial charge < -0.3 is 5.11 Å². The number of hydrogen-bond donors (Lipinski definition) is 1.